The van der Waals surface area contributed by atoms with E-state index in [2.05, 4.69) is 16.7 Å². The van der Waals surface area contributed by atoms with Crippen LogP contribution in [0.4, 0.5) is 16.2 Å². The van der Waals surface area contributed by atoms with Crippen molar-refractivity contribution in [1.82, 2.24) is 10.2 Å². The molecular formula is C24H24N4O5. The number of rotatable bonds is 4. The van der Waals surface area contributed by atoms with Crippen LogP contribution >= 0.6 is 0 Å². The van der Waals surface area contributed by atoms with E-state index in [9.17, 15) is 19.2 Å². The van der Waals surface area contributed by atoms with Crippen LogP contribution in [0.1, 0.15) is 39.9 Å². The van der Waals surface area contributed by atoms with Gasteiger partial charge in [-0.1, -0.05) is 12.1 Å². The van der Waals surface area contributed by atoms with E-state index in [-0.39, 0.29) is 30.8 Å². The van der Waals surface area contributed by atoms with Crippen molar-refractivity contribution in [3.05, 3.63) is 58.7 Å². The topological polar surface area (TPSA) is 108 Å². The van der Waals surface area contributed by atoms with Gasteiger partial charge >= 0.3 is 6.03 Å². The first-order valence-electron chi connectivity index (χ1n) is 10.9. The molecule has 5 amide bonds. The van der Waals surface area contributed by atoms with E-state index in [1.807, 2.05) is 12.1 Å². The van der Waals surface area contributed by atoms with Crippen molar-refractivity contribution in [3.8, 4) is 0 Å². The second kappa shape index (κ2) is 8.32. The number of methoxy groups -OCH3 is 1. The Balaban J connectivity index is 1.29. The molecule has 2 aromatic rings. The molecule has 1 unspecified atom stereocenters. The molecule has 0 aliphatic carbocycles. The molecule has 0 aromatic heterocycles. The van der Waals surface area contributed by atoms with Crippen molar-refractivity contribution in [2.24, 2.45) is 0 Å². The molecule has 2 N–H and O–H groups in total. The monoisotopic (exact) mass is 448 g/mol. The largest absolute Gasteiger partial charge is 0.380 e. The fourth-order valence-corrected chi connectivity index (χ4v) is 4.77. The van der Waals surface area contributed by atoms with Crippen molar-refractivity contribution < 1.29 is 23.9 Å². The van der Waals surface area contributed by atoms with Crippen molar-refractivity contribution in [3.63, 3.8) is 0 Å². The predicted octanol–water partition coefficient (Wildman–Crippen LogP) is 2.19. The molecule has 0 saturated carbocycles. The van der Waals surface area contributed by atoms with E-state index in [0.29, 0.717) is 30.8 Å². The summed E-state index contributed by atoms with van der Waals surface area (Å²) in [6.07, 6.45) is 1.30. The normalized spacial score (nSPS) is 19.4. The number of amides is 5. The molecule has 170 valence electrons. The summed E-state index contributed by atoms with van der Waals surface area (Å²) in [7, 11) is 1.65. The number of ether oxygens (including phenoxy) is 1. The number of fused-ring (bicyclic) bond motifs is 2. The highest BCUT2D eigenvalue weighted by Gasteiger charge is 2.39. The second-order valence-electron chi connectivity index (χ2n) is 8.50. The van der Waals surface area contributed by atoms with Gasteiger partial charge in [0.15, 0.2) is 0 Å². The van der Waals surface area contributed by atoms with Crippen LogP contribution < -0.4 is 15.5 Å². The first-order chi connectivity index (χ1) is 15.9. The molecule has 2 aromatic carbocycles. The van der Waals surface area contributed by atoms with Crippen molar-refractivity contribution in [1.29, 1.82) is 0 Å². The Morgan fingerprint density at radius 2 is 1.97 bits per heavy atom. The minimum absolute atomic E-state index is 0.210. The van der Waals surface area contributed by atoms with Crippen LogP contribution in [0, 0.1) is 0 Å². The zero-order valence-electron chi connectivity index (χ0n) is 18.2. The van der Waals surface area contributed by atoms with E-state index >= 15 is 0 Å². The lowest BCUT2D eigenvalue weighted by molar-refractivity contribution is -0.136. The van der Waals surface area contributed by atoms with Gasteiger partial charge in [0.2, 0.25) is 11.8 Å². The Morgan fingerprint density at radius 3 is 2.76 bits per heavy atom. The predicted molar refractivity (Wildman–Crippen MR) is 120 cm³/mol. The maximum absolute atomic E-state index is 13.0. The van der Waals surface area contributed by atoms with Gasteiger partial charge in [-0.25, -0.2) is 4.79 Å². The van der Waals surface area contributed by atoms with Gasteiger partial charge in [-0.3, -0.25) is 24.6 Å². The van der Waals surface area contributed by atoms with Crippen LogP contribution in [0.5, 0.6) is 0 Å². The van der Waals surface area contributed by atoms with E-state index in [1.54, 1.807) is 30.2 Å². The smallest absolute Gasteiger partial charge is 0.326 e. The summed E-state index contributed by atoms with van der Waals surface area (Å²) < 4.78 is 5.18. The molecule has 3 aliphatic heterocycles. The van der Waals surface area contributed by atoms with Crippen molar-refractivity contribution in [2.75, 3.05) is 23.9 Å². The van der Waals surface area contributed by atoms with E-state index < -0.39 is 11.9 Å². The van der Waals surface area contributed by atoms with Crippen LogP contribution in [-0.4, -0.2) is 48.3 Å². The number of benzene rings is 2. The first-order valence-corrected chi connectivity index (χ1v) is 10.9. The van der Waals surface area contributed by atoms with Gasteiger partial charge in [-0.2, -0.15) is 0 Å². The Bertz CT molecular complexity index is 1180. The summed E-state index contributed by atoms with van der Waals surface area (Å²) in [6, 6.07) is 10.2. The second-order valence-corrected chi connectivity index (χ2v) is 8.50. The molecule has 3 aliphatic rings. The fraction of sp³-hybridized carbons (Fsp3) is 0.333. The number of nitrogens with one attached hydrogen (secondary N) is 2. The van der Waals surface area contributed by atoms with Gasteiger partial charge in [-0.15, -0.1) is 0 Å². The number of hydrogen-bond acceptors (Lipinski definition) is 5. The quantitative estimate of drug-likeness (QED) is 0.697. The summed E-state index contributed by atoms with van der Waals surface area (Å²) >= 11 is 0. The van der Waals surface area contributed by atoms with Crippen molar-refractivity contribution >= 4 is 35.1 Å². The Kier molecular flexibility index (Phi) is 5.33. The lowest BCUT2D eigenvalue weighted by atomic mass is 10.0. The third-order valence-electron chi connectivity index (χ3n) is 6.37. The van der Waals surface area contributed by atoms with Gasteiger partial charge in [0.1, 0.15) is 6.04 Å². The number of piperidine rings is 1. The molecule has 3 heterocycles. The number of imide groups is 1. The zero-order valence-corrected chi connectivity index (χ0v) is 18.2. The number of nitrogens with zero attached hydrogens (tertiary/aromatic N) is 2. The van der Waals surface area contributed by atoms with Gasteiger partial charge in [-0.05, 0) is 53.8 Å². The van der Waals surface area contributed by atoms with Gasteiger partial charge < -0.3 is 15.0 Å². The highest BCUT2D eigenvalue weighted by Crippen LogP contribution is 2.32. The number of urea groups is 1. The summed E-state index contributed by atoms with van der Waals surface area (Å²) in [5.41, 5.74) is 4.90. The maximum atomic E-state index is 13.0. The van der Waals surface area contributed by atoms with Gasteiger partial charge in [0.25, 0.3) is 5.91 Å². The lowest BCUT2D eigenvalue weighted by Crippen LogP contribution is -2.52. The standard InChI is InChI=1S/C24H24N4O5/c1-33-13-14-2-5-19-15(10-14)8-9-27(19)24(32)25-17-3-4-18-16(11-17)12-28(23(18)31)20-6-7-21(29)26-22(20)30/h2-5,10-11,20H,6-9,12-13H2,1H3,(H,25,32)(H,26,29,30). The summed E-state index contributed by atoms with van der Waals surface area (Å²) in [5, 5.41) is 5.23. The van der Waals surface area contributed by atoms with Crippen LogP contribution in [0.15, 0.2) is 36.4 Å². The molecule has 1 saturated heterocycles. The molecule has 9 heteroatoms. The van der Waals surface area contributed by atoms with Gasteiger partial charge in [0.05, 0.1) is 6.61 Å². The molecule has 5 rings (SSSR count). The fourth-order valence-electron chi connectivity index (χ4n) is 4.77. The molecule has 0 radical (unpaired) electrons. The molecule has 0 spiro atoms. The van der Waals surface area contributed by atoms with E-state index in [4.69, 9.17) is 4.74 Å². The number of carbonyl (C=O) groups is 4. The third-order valence-corrected chi connectivity index (χ3v) is 6.37. The van der Waals surface area contributed by atoms with E-state index in [1.165, 1.54) is 4.90 Å². The average molecular weight is 448 g/mol. The molecule has 0 bridgehead atoms. The minimum Gasteiger partial charge on any atom is -0.380 e. The highest BCUT2D eigenvalue weighted by molar-refractivity contribution is 6.06. The molecule has 33 heavy (non-hydrogen) atoms. The highest BCUT2D eigenvalue weighted by atomic mass is 16.5. The Morgan fingerprint density at radius 1 is 1.12 bits per heavy atom. The number of carbonyl (C=O) groups excluding carboxylic acids is 4. The molecule has 1 atom stereocenters. The first kappa shape index (κ1) is 21.1. The third kappa shape index (κ3) is 3.84. The lowest BCUT2D eigenvalue weighted by Gasteiger charge is -2.29. The van der Waals surface area contributed by atoms with Crippen LogP contribution in [0.2, 0.25) is 0 Å². The Labute approximate surface area is 190 Å². The molecule has 9 nitrogen and oxygen atoms in total. The van der Waals surface area contributed by atoms with Crippen LogP contribution in [-0.2, 0) is 33.9 Å². The van der Waals surface area contributed by atoms with Crippen molar-refractivity contribution in [2.45, 2.75) is 38.5 Å². The summed E-state index contributed by atoms with van der Waals surface area (Å²) in [5.74, 6) is -0.996. The molecule has 1 fully saturated rings. The van der Waals surface area contributed by atoms with Crippen LogP contribution in [0.3, 0.4) is 0 Å². The minimum atomic E-state index is -0.662. The SMILES string of the molecule is COCc1ccc2c(c1)CCN2C(=O)Nc1ccc2c(c1)CN(C1CCC(=O)NC1=O)C2=O. The average Bonchev–Trinajstić information content (AvgIpc) is 3.35. The maximum Gasteiger partial charge on any atom is 0.326 e. The number of anilines is 2. The van der Waals surface area contributed by atoms with Gasteiger partial charge in [0, 0.05) is 43.6 Å². The number of hydrogen-bond donors (Lipinski definition) is 2. The zero-order chi connectivity index (χ0) is 23.1. The molecular weight excluding hydrogens is 424 g/mol. The Hall–Kier alpha value is -3.72. The van der Waals surface area contributed by atoms with Crippen LogP contribution in [0.25, 0.3) is 0 Å². The van der Waals surface area contributed by atoms with E-state index in [0.717, 1.165) is 28.8 Å². The summed E-state index contributed by atoms with van der Waals surface area (Å²) in [6.45, 7) is 1.38. The summed E-state index contributed by atoms with van der Waals surface area (Å²) in [4.78, 5) is 52.6.